The van der Waals surface area contributed by atoms with Crippen molar-refractivity contribution in [3.63, 3.8) is 0 Å². The highest BCUT2D eigenvalue weighted by Gasteiger charge is 2.49. The van der Waals surface area contributed by atoms with Crippen molar-refractivity contribution in [3.05, 3.63) is 125 Å². The van der Waals surface area contributed by atoms with Crippen LogP contribution in [-0.4, -0.2) is 105 Å². The van der Waals surface area contributed by atoms with Crippen LogP contribution in [0.2, 0.25) is 5.02 Å². The van der Waals surface area contributed by atoms with Gasteiger partial charge in [-0.2, -0.15) is 13.2 Å². The molecule has 18 heteroatoms. The lowest BCUT2D eigenvalue weighted by Gasteiger charge is -2.44. The number of halogens is 4. The molecule has 0 bridgehead atoms. The van der Waals surface area contributed by atoms with Crippen LogP contribution < -0.4 is 9.62 Å². The average molecular weight is 943 g/mol. The summed E-state index contributed by atoms with van der Waals surface area (Å²) >= 11 is 7.48. The molecule has 1 saturated heterocycles. The maximum Gasteiger partial charge on any atom is 0.501 e. The molecule has 1 aromatic heterocycles. The van der Waals surface area contributed by atoms with E-state index in [0.717, 1.165) is 55.1 Å². The van der Waals surface area contributed by atoms with Crippen molar-refractivity contribution in [3.8, 4) is 11.1 Å². The largest absolute Gasteiger partial charge is 0.501 e. The minimum absolute atomic E-state index is 0.00369. The van der Waals surface area contributed by atoms with Gasteiger partial charge in [0.25, 0.3) is 19.9 Å². The van der Waals surface area contributed by atoms with Gasteiger partial charge in [0.15, 0.2) is 0 Å². The van der Waals surface area contributed by atoms with Crippen LogP contribution in [0.5, 0.6) is 0 Å². The number of likely N-dealkylation sites (tertiary alicyclic amines) is 1. The molecule has 63 heavy (non-hydrogen) atoms. The van der Waals surface area contributed by atoms with Crippen LogP contribution in [0.1, 0.15) is 43.0 Å². The molecule has 11 nitrogen and oxygen atoms in total. The van der Waals surface area contributed by atoms with E-state index in [1.54, 1.807) is 4.90 Å². The Labute approximate surface area is 377 Å². The van der Waals surface area contributed by atoms with Gasteiger partial charge in [0.05, 0.1) is 22.2 Å². The minimum atomic E-state index is -6.00. The second-order valence-corrected chi connectivity index (χ2v) is 21.3. The summed E-state index contributed by atoms with van der Waals surface area (Å²) in [6, 6.07) is 28.6. The van der Waals surface area contributed by atoms with Crippen LogP contribution in [0.3, 0.4) is 0 Å². The second kappa shape index (κ2) is 19.9. The van der Waals surface area contributed by atoms with Crippen molar-refractivity contribution in [2.45, 2.75) is 78.0 Å². The number of hydrogen-bond donors (Lipinski definition) is 1. The first-order valence-electron chi connectivity index (χ1n) is 20.7. The molecule has 0 saturated carbocycles. The number of fused-ring (bicyclic) bond motifs is 1. The maximum atomic E-state index is 14.3. The molecule has 336 valence electrons. The quantitative estimate of drug-likeness (QED) is 0.0756. The minimum Gasteiger partial charge on any atom is -0.361 e. The van der Waals surface area contributed by atoms with Crippen molar-refractivity contribution >= 4 is 54.7 Å². The lowest BCUT2D eigenvalue weighted by Crippen LogP contribution is -2.50. The Balaban J connectivity index is 1.08. The van der Waals surface area contributed by atoms with Crippen molar-refractivity contribution in [2.24, 2.45) is 0 Å². The Morgan fingerprint density at radius 3 is 2.29 bits per heavy atom. The SMILES string of the molecule is C[C@@H]1Cc2c(ncnc2NS(=O)(=O)c2ccc(N(CCCN(C)C)CSc3ccccc3)c(S(=O)(=O)C(F)(F)F)c2)CN1C1CCN(Cc2ccccc2-c2ccc(Cl)cc2)CC1. The van der Waals surface area contributed by atoms with Gasteiger partial charge < -0.3 is 9.80 Å². The number of hydrogen-bond acceptors (Lipinski definition) is 11. The fraction of sp³-hybridized carbons (Fsp3) is 0.378. The maximum absolute atomic E-state index is 14.3. The third-order valence-electron chi connectivity index (χ3n) is 11.6. The van der Waals surface area contributed by atoms with Gasteiger partial charge in [-0.05, 0) is 125 Å². The van der Waals surface area contributed by atoms with Crippen LogP contribution >= 0.6 is 23.4 Å². The van der Waals surface area contributed by atoms with E-state index >= 15 is 0 Å². The van der Waals surface area contributed by atoms with E-state index in [2.05, 4.69) is 49.6 Å². The number of thioether (sulfide) groups is 1. The Hall–Kier alpha value is -4.23. The predicted octanol–water partition coefficient (Wildman–Crippen LogP) is 8.81. The molecule has 1 fully saturated rings. The standard InChI is InChI=1S/C45H51ClF3N7O4S3/c1-32-26-40-41(29-56(32)36-20-24-54(25-21-36)28-34-10-7-8-13-39(34)33-14-16-35(46)17-15-33)50-30-51-44(40)52-63(59,60)38-18-19-42(43(27-38)62(57,58)45(47,48)49)55(23-9-22-53(2)3)31-61-37-11-5-4-6-12-37/h4-8,10-19,27,30,32,36H,9,20-26,28-29,31H2,1-3H3,(H,50,51,52)/t32-/m1/s1. The van der Waals surface area contributed by atoms with Crippen molar-refractivity contribution in [1.82, 2.24) is 24.7 Å². The molecular formula is C45H51ClF3N7O4S3. The molecule has 1 N–H and O–H groups in total. The Morgan fingerprint density at radius 2 is 1.59 bits per heavy atom. The third-order valence-corrected chi connectivity index (χ3v) is 15.7. The third kappa shape index (κ3) is 11.2. The van der Waals surface area contributed by atoms with Gasteiger partial charge in [-0.25, -0.2) is 26.8 Å². The van der Waals surface area contributed by atoms with Crippen molar-refractivity contribution < 1.29 is 30.0 Å². The monoisotopic (exact) mass is 941 g/mol. The number of sulfonamides is 1. The summed E-state index contributed by atoms with van der Waals surface area (Å²) in [4.78, 5) is 16.2. The van der Waals surface area contributed by atoms with E-state index in [1.165, 1.54) is 29.2 Å². The topological polar surface area (TPSA) is 119 Å². The van der Waals surface area contributed by atoms with Gasteiger partial charge in [-0.3, -0.25) is 14.5 Å². The van der Waals surface area contributed by atoms with E-state index in [-0.39, 0.29) is 36.0 Å². The summed E-state index contributed by atoms with van der Waals surface area (Å²) in [5.74, 6) is 0.123. The van der Waals surface area contributed by atoms with Gasteiger partial charge >= 0.3 is 5.51 Å². The zero-order chi connectivity index (χ0) is 44.9. The fourth-order valence-corrected chi connectivity index (χ4v) is 11.5. The van der Waals surface area contributed by atoms with E-state index in [4.69, 9.17) is 11.6 Å². The first-order valence-corrected chi connectivity index (χ1v) is 25.0. The first-order chi connectivity index (χ1) is 30.0. The summed E-state index contributed by atoms with van der Waals surface area (Å²) in [5.41, 5.74) is -1.14. The summed E-state index contributed by atoms with van der Waals surface area (Å²) in [6.45, 7) is 5.95. The molecule has 0 aliphatic carbocycles. The molecule has 0 radical (unpaired) electrons. The predicted molar refractivity (Wildman–Crippen MR) is 244 cm³/mol. The smallest absolute Gasteiger partial charge is 0.361 e. The second-order valence-electron chi connectivity index (χ2n) is 16.2. The molecule has 7 rings (SSSR count). The number of sulfone groups is 1. The van der Waals surface area contributed by atoms with Crippen molar-refractivity contribution in [1.29, 1.82) is 0 Å². The van der Waals surface area contributed by atoms with E-state index in [1.807, 2.05) is 79.7 Å². The van der Waals surface area contributed by atoms with E-state index < -0.39 is 35.2 Å². The summed E-state index contributed by atoms with van der Waals surface area (Å²) in [6.07, 6.45) is 4.07. The number of aromatic nitrogens is 2. The van der Waals surface area contributed by atoms with Gasteiger partial charge in [-0.1, -0.05) is 66.2 Å². The Bertz CT molecular complexity index is 2580. The summed E-state index contributed by atoms with van der Waals surface area (Å²) in [5, 5.41) is 0.696. The molecule has 0 unspecified atom stereocenters. The molecule has 1 atom stereocenters. The number of nitrogens with one attached hydrogen (secondary N) is 1. The van der Waals surface area contributed by atoms with Crippen LogP contribution in [-0.2, 0) is 39.4 Å². The summed E-state index contributed by atoms with van der Waals surface area (Å²) in [7, 11) is -6.92. The zero-order valence-electron chi connectivity index (χ0n) is 35.3. The normalized spacial score (nSPS) is 16.9. The number of piperidine rings is 1. The molecular weight excluding hydrogens is 891 g/mol. The average Bonchev–Trinajstić information content (AvgIpc) is 3.25. The molecule has 0 amide bonds. The summed E-state index contributed by atoms with van der Waals surface area (Å²) < 4.78 is 99.9. The van der Waals surface area contributed by atoms with Gasteiger partial charge in [-0.15, -0.1) is 11.8 Å². The van der Waals surface area contributed by atoms with Gasteiger partial charge in [0.1, 0.15) is 17.0 Å². The zero-order valence-corrected chi connectivity index (χ0v) is 38.5. The molecule has 2 aliphatic heterocycles. The van der Waals surface area contributed by atoms with Crippen LogP contribution in [0, 0.1) is 0 Å². The molecule has 4 aromatic carbocycles. The number of benzene rings is 4. The fourth-order valence-electron chi connectivity index (χ4n) is 8.29. The Morgan fingerprint density at radius 1 is 0.889 bits per heavy atom. The molecule has 0 spiro atoms. The number of alkyl halides is 3. The van der Waals surface area contributed by atoms with Crippen molar-refractivity contribution in [2.75, 3.05) is 55.8 Å². The highest BCUT2D eigenvalue weighted by molar-refractivity contribution is 7.99. The number of anilines is 2. The van der Waals surface area contributed by atoms with Gasteiger partial charge in [0.2, 0.25) is 0 Å². The highest BCUT2D eigenvalue weighted by atomic mass is 35.5. The molecule has 2 aliphatic rings. The Kier molecular flexibility index (Phi) is 14.8. The highest BCUT2D eigenvalue weighted by Crippen LogP contribution is 2.39. The first kappa shape index (κ1) is 46.8. The van der Waals surface area contributed by atoms with Crippen LogP contribution in [0.15, 0.2) is 118 Å². The van der Waals surface area contributed by atoms with Gasteiger partial charge in [0, 0.05) is 47.2 Å². The van der Waals surface area contributed by atoms with E-state index in [0.29, 0.717) is 48.3 Å². The molecule has 3 heterocycles. The lowest BCUT2D eigenvalue weighted by molar-refractivity contribution is -0.0435. The van der Waals surface area contributed by atoms with Crippen LogP contribution in [0.25, 0.3) is 11.1 Å². The lowest BCUT2D eigenvalue weighted by atomic mass is 9.93. The number of rotatable bonds is 16. The molecule has 5 aromatic rings. The number of nitrogens with zero attached hydrogens (tertiary/aromatic N) is 6. The van der Waals surface area contributed by atoms with Crippen LogP contribution in [0.4, 0.5) is 24.7 Å². The van der Waals surface area contributed by atoms with E-state index in [9.17, 15) is 30.0 Å².